The Hall–Kier alpha value is -1.30. The summed E-state index contributed by atoms with van der Waals surface area (Å²) in [5.41, 5.74) is -0.456. The molecule has 1 aliphatic heterocycles. The molecule has 122 valence electrons. The van der Waals surface area contributed by atoms with E-state index in [1.807, 2.05) is 20.8 Å². The zero-order valence-corrected chi connectivity index (χ0v) is 13.6. The average molecular weight is 300 g/mol. The van der Waals surface area contributed by atoms with Crippen LogP contribution < -0.4 is 5.32 Å². The molecule has 1 rings (SSSR count). The van der Waals surface area contributed by atoms with Crippen molar-refractivity contribution in [1.82, 2.24) is 10.2 Å². The summed E-state index contributed by atoms with van der Waals surface area (Å²) in [4.78, 5) is 24.8. The van der Waals surface area contributed by atoms with Crippen LogP contribution in [0.4, 0.5) is 4.79 Å². The van der Waals surface area contributed by atoms with E-state index < -0.39 is 5.60 Å². The Morgan fingerprint density at radius 2 is 2.05 bits per heavy atom. The number of amides is 1. The van der Waals surface area contributed by atoms with Gasteiger partial charge in [-0.05, 0) is 47.1 Å². The van der Waals surface area contributed by atoms with Crippen molar-refractivity contribution in [3.8, 4) is 0 Å². The summed E-state index contributed by atoms with van der Waals surface area (Å²) in [6.07, 6.45) is 1.85. The number of hydrogen-bond donors (Lipinski definition) is 1. The zero-order chi connectivity index (χ0) is 15.9. The molecule has 0 aliphatic carbocycles. The van der Waals surface area contributed by atoms with Crippen LogP contribution in [0, 0.1) is 0 Å². The van der Waals surface area contributed by atoms with Crippen LogP contribution in [0.2, 0.25) is 0 Å². The number of carbonyl (C=O) groups is 2. The van der Waals surface area contributed by atoms with Gasteiger partial charge >= 0.3 is 12.1 Å². The Kier molecular flexibility index (Phi) is 6.95. The van der Waals surface area contributed by atoms with Gasteiger partial charge in [-0.1, -0.05) is 0 Å². The Bertz CT molecular complexity index is 352. The minimum atomic E-state index is -0.456. The Balaban J connectivity index is 2.17. The lowest BCUT2D eigenvalue weighted by molar-refractivity contribution is -0.143. The summed E-state index contributed by atoms with van der Waals surface area (Å²) >= 11 is 0. The van der Waals surface area contributed by atoms with Crippen molar-refractivity contribution < 1.29 is 19.1 Å². The largest absolute Gasteiger partial charge is 0.466 e. The summed E-state index contributed by atoms with van der Waals surface area (Å²) in [7, 11) is 0. The molecule has 1 aliphatic rings. The first-order valence-electron chi connectivity index (χ1n) is 7.68. The number of hydrogen-bond acceptors (Lipinski definition) is 5. The molecule has 0 spiro atoms. The van der Waals surface area contributed by atoms with E-state index in [0.29, 0.717) is 26.1 Å². The highest BCUT2D eigenvalue weighted by Crippen LogP contribution is 2.15. The topological polar surface area (TPSA) is 67.9 Å². The van der Waals surface area contributed by atoms with Crippen LogP contribution in [-0.4, -0.2) is 54.8 Å². The van der Waals surface area contributed by atoms with Crippen LogP contribution in [0.1, 0.15) is 47.0 Å². The number of rotatable bonds is 6. The molecule has 1 atom stereocenters. The monoisotopic (exact) mass is 300 g/mol. The van der Waals surface area contributed by atoms with E-state index >= 15 is 0 Å². The molecule has 0 bridgehead atoms. The van der Waals surface area contributed by atoms with Gasteiger partial charge in [0.2, 0.25) is 0 Å². The molecule has 1 amide bonds. The number of esters is 1. The molecule has 21 heavy (non-hydrogen) atoms. The predicted octanol–water partition coefficient (Wildman–Crippen LogP) is 1.93. The van der Waals surface area contributed by atoms with E-state index in [1.165, 1.54) is 0 Å². The molecule has 1 heterocycles. The van der Waals surface area contributed by atoms with Gasteiger partial charge in [-0.25, -0.2) is 4.79 Å². The van der Waals surface area contributed by atoms with Crippen molar-refractivity contribution in [1.29, 1.82) is 0 Å². The lowest BCUT2D eigenvalue weighted by atomic mass is 10.2. The quantitative estimate of drug-likeness (QED) is 0.599. The maximum Gasteiger partial charge on any atom is 0.410 e. The molecule has 0 aromatic heterocycles. The SMILES string of the molecule is CCOC(=O)CCCNC1CCN(C(=O)OC(C)(C)C)C1. The minimum absolute atomic E-state index is 0.152. The maximum atomic E-state index is 11.9. The molecule has 0 saturated carbocycles. The van der Waals surface area contributed by atoms with Crippen LogP contribution in [0.3, 0.4) is 0 Å². The van der Waals surface area contributed by atoms with Crippen LogP contribution in [-0.2, 0) is 14.3 Å². The molecule has 1 unspecified atom stereocenters. The van der Waals surface area contributed by atoms with Crippen LogP contribution in [0.5, 0.6) is 0 Å². The highest BCUT2D eigenvalue weighted by Gasteiger charge is 2.29. The molecule has 1 fully saturated rings. The normalized spacial score (nSPS) is 18.7. The molecular formula is C15H28N2O4. The van der Waals surface area contributed by atoms with Crippen LogP contribution in [0.25, 0.3) is 0 Å². The van der Waals surface area contributed by atoms with Crippen molar-refractivity contribution in [2.24, 2.45) is 0 Å². The summed E-state index contributed by atoms with van der Waals surface area (Å²) in [5.74, 6) is -0.152. The van der Waals surface area contributed by atoms with E-state index in [4.69, 9.17) is 9.47 Å². The summed E-state index contributed by atoms with van der Waals surface area (Å²) in [6.45, 7) is 9.97. The van der Waals surface area contributed by atoms with Crippen LogP contribution >= 0.6 is 0 Å². The van der Waals surface area contributed by atoms with Crippen molar-refractivity contribution in [3.05, 3.63) is 0 Å². The minimum Gasteiger partial charge on any atom is -0.466 e. The highest BCUT2D eigenvalue weighted by molar-refractivity contribution is 5.69. The molecule has 0 radical (unpaired) electrons. The smallest absolute Gasteiger partial charge is 0.410 e. The number of nitrogens with zero attached hydrogens (tertiary/aromatic N) is 1. The number of ether oxygens (including phenoxy) is 2. The lowest BCUT2D eigenvalue weighted by Gasteiger charge is -2.24. The molecule has 6 nitrogen and oxygen atoms in total. The van der Waals surface area contributed by atoms with Gasteiger partial charge in [0.15, 0.2) is 0 Å². The van der Waals surface area contributed by atoms with Crippen LogP contribution in [0.15, 0.2) is 0 Å². The van der Waals surface area contributed by atoms with Crippen molar-refractivity contribution in [2.75, 3.05) is 26.2 Å². The van der Waals surface area contributed by atoms with Crippen molar-refractivity contribution in [2.45, 2.75) is 58.6 Å². The van der Waals surface area contributed by atoms with E-state index in [9.17, 15) is 9.59 Å². The summed E-state index contributed by atoms with van der Waals surface area (Å²) in [5, 5.41) is 3.37. The van der Waals surface area contributed by atoms with Gasteiger partial charge in [0.1, 0.15) is 5.60 Å². The Morgan fingerprint density at radius 1 is 1.33 bits per heavy atom. The van der Waals surface area contributed by atoms with Gasteiger partial charge in [-0.3, -0.25) is 4.79 Å². The zero-order valence-electron chi connectivity index (χ0n) is 13.6. The Morgan fingerprint density at radius 3 is 2.67 bits per heavy atom. The van der Waals surface area contributed by atoms with E-state index in [2.05, 4.69) is 5.32 Å². The molecule has 1 saturated heterocycles. The first kappa shape index (κ1) is 17.8. The number of nitrogens with one attached hydrogen (secondary N) is 1. The third kappa shape index (κ3) is 7.32. The third-order valence-electron chi connectivity index (χ3n) is 3.14. The van der Waals surface area contributed by atoms with E-state index in [0.717, 1.165) is 19.4 Å². The van der Waals surface area contributed by atoms with Gasteiger partial charge in [0.25, 0.3) is 0 Å². The second kappa shape index (κ2) is 8.22. The second-order valence-electron chi connectivity index (χ2n) is 6.27. The molecular weight excluding hydrogens is 272 g/mol. The first-order chi connectivity index (χ1) is 9.81. The molecule has 6 heteroatoms. The third-order valence-corrected chi connectivity index (χ3v) is 3.14. The van der Waals surface area contributed by atoms with Gasteiger partial charge < -0.3 is 19.7 Å². The summed E-state index contributed by atoms with van der Waals surface area (Å²) < 4.78 is 10.2. The number of likely N-dealkylation sites (tertiary alicyclic amines) is 1. The fourth-order valence-electron chi connectivity index (χ4n) is 2.19. The van der Waals surface area contributed by atoms with Gasteiger partial charge in [-0.2, -0.15) is 0 Å². The molecule has 1 N–H and O–H groups in total. The van der Waals surface area contributed by atoms with Gasteiger partial charge in [-0.15, -0.1) is 0 Å². The summed E-state index contributed by atoms with van der Waals surface area (Å²) in [6, 6.07) is 0.278. The first-order valence-corrected chi connectivity index (χ1v) is 7.68. The highest BCUT2D eigenvalue weighted by atomic mass is 16.6. The second-order valence-corrected chi connectivity index (χ2v) is 6.27. The van der Waals surface area contributed by atoms with Gasteiger partial charge in [0, 0.05) is 25.6 Å². The predicted molar refractivity (Wildman–Crippen MR) is 80.1 cm³/mol. The number of carbonyl (C=O) groups excluding carboxylic acids is 2. The maximum absolute atomic E-state index is 11.9. The fourth-order valence-corrected chi connectivity index (χ4v) is 2.19. The average Bonchev–Trinajstić information content (AvgIpc) is 2.82. The van der Waals surface area contributed by atoms with Gasteiger partial charge in [0.05, 0.1) is 6.61 Å². The lowest BCUT2D eigenvalue weighted by Crippen LogP contribution is -2.38. The van der Waals surface area contributed by atoms with Crippen molar-refractivity contribution >= 4 is 12.1 Å². The standard InChI is InChI=1S/C15H28N2O4/c1-5-20-13(18)7-6-9-16-12-8-10-17(11-12)14(19)21-15(2,3)4/h12,16H,5-11H2,1-4H3. The fraction of sp³-hybridized carbons (Fsp3) is 0.867. The van der Waals surface area contributed by atoms with Crippen molar-refractivity contribution in [3.63, 3.8) is 0 Å². The Labute approximate surface area is 127 Å². The molecule has 0 aromatic carbocycles. The molecule has 0 aromatic rings. The van der Waals surface area contributed by atoms with E-state index in [1.54, 1.807) is 11.8 Å². The van der Waals surface area contributed by atoms with E-state index in [-0.39, 0.29) is 18.1 Å².